The Hall–Kier alpha value is -2.59. The molecule has 0 spiro atoms. The molecule has 2 heterocycles. The van der Waals surface area contributed by atoms with Gasteiger partial charge in [0, 0.05) is 12.1 Å². The van der Waals surface area contributed by atoms with Crippen molar-refractivity contribution in [2.24, 2.45) is 0 Å². The number of halogens is 4. The SMILES string of the molecule is O=C1C(N[C@H]2CCCNC2=O)=C(Cl)C(=O)c2[nH]c(-c3cc(F)c(Br)c(F)c3)nc21. The Morgan fingerprint density at radius 3 is 2.52 bits per heavy atom. The fourth-order valence-electron chi connectivity index (χ4n) is 3.19. The van der Waals surface area contributed by atoms with Gasteiger partial charge in [0.15, 0.2) is 0 Å². The minimum absolute atomic E-state index is 0.00971. The Kier molecular flexibility index (Phi) is 4.99. The van der Waals surface area contributed by atoms with Gasteiger partial charge in [-0.25, -0.2) is 13.8 Å². The molecule has 1 saturated heterocycles. The maximum Gasteiger partial charge on any atom is 0.242 e. The number of nitrogens with one attached hydrogen (secondary N) is 3. The van der Waals surface area contributed by atoms with Crippen LogP contribution in [0.5, 0.6) is 0 Å². The van der Waals surface area contributed by atoms with E-state index >= 15 is 0 Å². The number of hydrogen-bond acceptors (Lipinski definition) is 5. The summed E-state index contributed by atoms with van der Waals surface area (Å²) in [6, 6.07) is 1.30. The molecule has 150 valence electrons. The van der Waals surface area contributed by atoms with Gasteiger partial charge in [0.2, 0.25) is 17.5 Å². The lowest BCUT2D eigenvalue weighted by Gasteiger charge is -2.25. The van der Waals surface area contributed by atoms with Crippen molar-refractivity contribution in [1.29, 1.82) is 0 Å². The van der Waals surface area contributed by atoms with Crippen LogP contribution in [0.1, 0.15) is 33.8 Å². The van der Waals surface area contributed by atoms with E-state index in [0.29, 0.717) is 19.4 Å². The third-order valence-electron chi connectivity index (χ3n) is 4.65. The highest BCUT2D eigenvalue weighted by Crippen LogP contribution is 2.31. The van der Waals surface area contributed by atoms with Gasteiger partial charge in [0.25, 0.3) is 0 Å². The number of carbonyl (C=O) groups excluding carboxylic acids is 3. The van der Waals surface area contributed by atoms with Crippen molar-refractivity contribution >= 4 is 45.0 Å². The number of rotatable bonds is 3. The largest absolute Gasteiger partial charge is 0.369 e. The number of aromatic nitrogens is 2. The first kappa shape index (κ1) is 19.7. The Morgan fingerprint density at radius 2 is 1.86 bits per heavy atom. The Labute approximate surface area is 176 Å². The monoisotopic (exact) mass is 484 g/mol. The van der Waals surface area contributed by atoms with E-state index in [1.54, 1.807) is 0 Å². The van der Waals surface area contributed by atoms with Crippen LogP contribution in [-0.2, 0) is 4.79 Å². The molecule has 29 heavy (non-hydrogen) atoms. The fourth-order valence-corrected chi connectivity index (χ4v) is 3.65. The van der Waals surface area contributed by atoms with Crippen molar-refractivity contribution in [2.45, 2.75) is 18.9 Å². The van der Waals surface area contributed by atoms with Gasteiger partial charge in [-0.15, -0.1) is 0 Å². The first-order chi connectivity index (χ1) is 13.8. The molecule has 2 aromatic rings. The second-order valence-corrected chi connectivity index (χ2v) is 7.71. The van der Waals surface area contributed by atoms with Crippen LogP contribution < -0.4 is 10.6 Å². The minimum Gasteiger partial charge on any atom is -0.369 e. The van der Waals surface area contributed by atoms with Gasteiger partial charge in [0.1, 0.15) is 45.6 Å². The molecule has 0 saturated carbocycles. The summed E-state index contributed by atoms with van der Waals surface area (Å²) < 4.78 is 27.3. The van der Waals surface area contributed by atoms with Crippen molar-refractivity contribution < 1.29 is 23.2 Å². The number of amides is 1. The summed E-state index contributed by atoms with van der Waals surface area (Å²) in [7, 11) is 0. The summed E-state index contributed by atoms with van der Waals surface area (Å²) in [6.45, 7) is 0.532. The van der Waals surface area contributed by atoms with E-state index < -0.39 is 29.2 Å². The number of H-pyrrole nitrogens is 1. The second kappa shape index (κ2) is 7.34. The summed E-state index contributed by atoms with van der Waals surface area (Å²) in [5.74, 6) is -3.51. The van der Waals surface area contributed by atoms with E-state index in [4.69, 9.17) is 11.6 Å². The van der Waals surface area contributed by atoms with E-state index in [2.05, 4.69) is 36.5 Å². The predicted molar refractivity (Wildman–Crippen MR) is 102 cm³/mol. The Balaban J connectivity index is 1.71. The molecule has 0 unspecified atom stereocenters. The number of hydrogen-bond donors (Lipinski definition) is 3. The topological polar surface area (TPSA) is 104 Å². The highest BCUT2D eigenvalue weighted by atomic mass is 79.9. The number of benzene rings is 1. The molecular weight excluding hydrogens is 474 g/mol. The van der Waals surface area contributed by atoms with E-state index in [1.165, 1.54) is 0 Å². The predicted octanol–water partition coefficient (Wildman–Crippen LogP) is 2.82. The summed E-state index contributed by atoms with van der Waals surface area (Å²) in [6.07, 6.45) is 1.17. The molecule has 4 rings (SSSR count). The van der Waals surface area contributed by atoms with Crippen molar-refractivity contribution in [3.63, 3.8) is 0 Å². The summed E-state index contributed by atoms with van der Waals surface area (Å²) >= 11 is 8.87. The number of imidazole rings is 1. The van der Waals surface area contributed by atoms with E-state index in [0.717, 1.165) is 12.1 Å². The molecule has 1 aliphatic carbocycles. The lowest BCUT2D eigenvalue weighted by atomic mass is 10.00. The van der Waals surface area contributed by atoms with Crippen LogP contribution in [0.25, 0.3) is 11.4 Å². The van der Waals surface area contributed by atoms with Gasteiger partial charge < -0.3 is 15.6 Å². The standard InChI is InChI=1S/C18H12BrClF2N4O3/c19-10-7(21)4-6(5-8(10)22)17-25-13-14(26-17)16(28)12(11(20)15(13)27)24-9-2-1-3-23-18(9)29/h4-5,9,24H,1-3H2,(H,23,29)(H,25,26)/t9-/m0/s1. The van der Waals surface area contributed by atoms with Crippen LogP contribution in [0.15, 0.2) is 27.3 Å². The number of ketones is 2. The molecule has 1 fully saturated rings. The zero-order chi connectivity index (χ0) is 20.9. The quantitative estimate of drug-likeness (QED) is 0.580. The van der Waals surface area contributed by atoms with Crippen LogP contribution >= 0.6 is 27.5 Å². The molecule has 1 atom stereocenters. The first-order valence-electron chi connectivity index (χ1n) is 8.56. The van der Waals surface area contributed by atoms with Gasteiger partial charge in [-0.05, 0) is 40.9 Å². The highest BCUT2D eigenvalue weighted by Gasteiger charge is 2.37. The van der Waals surface area contributed by atoms with Crippen LogP contribution in [0.4, 0.5) is 8.78 Å². The lowest BCUT2D eigenvalue weighted by Crippen LogP contribution is -2.49. The maximum absolute atomic E-state index is 13.8. The molecule has 1 aromatic heterocycles. The Morgan fingerprint density at radius 1 is 1.17 bits per heavy atom. The summed E-state index contributed by atoms with van der Waals surface area (Å²) in [4.78, 5) is 44.1. The van der Waals surface area contributed by atoms with Gasteiger partial charge in [0.05, 0.1) is 4.47 Å². The number of Topliss-reactive ketones (excluding diaryl/α,β-unsaturated/α-hetero) is 2. The molecule has 1 aliphatic heterocycles. The number of fused-ring (bicyclic) bond motifs is 1. The molecule has 3 N–H and O–H groups in total. The maximum atomic E-state index is 13.8. The first-order valence-corrected chi connectivity index (χ1v) is 9.73. The van der Waals surface area contributed by atoms with Crippen LogP contribution in [0.2, 0.25) is 0 Å². The summed E-state index contributed by atoms with van der Waals surface area (Å²) in [5, 5.41) is 5.02. The van der Waals surface area contributed by atoms with Crippen molar-refractivity contribution in [3.05, 3.63) is 50.4 Å². The third-order valence-corrected chi connectivity index (χ3v) is 5.77. The zero-order valence-electron chi connectivity index (χ0n) is 14.5. The number of allylic oxidation sites excluding steroid dienone is 2. The third kappa shape index (κ3) is 3.36. The number of piperidine rings is 1. The van der Waals surface area contributed by atoms with Crippen LogP contribution in [0, 0.1) is 11.6 Å². The zero-order valence-corrected chi connectivity index (χ0v) is 16.9. The molecule has 2 aliphatic rings. The molecule has 0 bridgehead atoms. The molecular formula is C18H12BrClF2N4O3. The summed E-state index contributed by atoms with van der Waals surface area (Å²) in [5.41, 5.74) is -0.637. The average molecular weight is 486 g/mol. The normalized spacial score (nSPS) is 19.3. The Bertz CT molecular complexity index is 1090. The lowest BCUT2D eigenvalue weighted by molar-refractivity contribution is -0.124. The van der Waals surface area contributed by atoms with E-state index in [9.17, 15) is 23.2 Å². The van der Waals surface area contributed by atoms with E-state index in [-0.39, 0.29) is 43.9 Å². The molecule has 1 aromatic carbocycles. The number of nitrogens with zero attached hydrogens (tertiary/aromatic N) is 1. The van der Waals surface area contributed by atoms with Gasteiger partial charge in [-0.3, -0.25) is 14.4 Å². The molecule has 0 radical (unpaired) electrons. The van der Waals surface area contributed by atoms with Crippen molar-refractivity contribution in [1.82, 2.24) is 20.6 Å². The molecule has 11 heteroatoms. The second-order valence-electron chi connectivity index (χ2n) is 6.54. The van der Waals surface area contributed by atoms with Crippen molar-refractivity contribution in [2.75, 3.05) is 6.54 Å². The number of aromatic amines is 1. The van der Waals surface area contributed by atoms with Crippen LogP contribution in [-0.4, -0.2) is 40.0 Å². The minimum atomic E-state index is -0.867. The fraction of sp³-hybridized carbons (Fsp3) is 0.222. The highest BCUT2D eigenvalue weighted by molar-refractivity contribution is 9.10. The molecule has 1 amide bonds. The van der Waals surface area contributed by atoms with Crippen molar-refractivity contribution in [3.8, 4) is 11.4 Å². The van der Waals surface area contributed by atoms with E-state index in [1.807, 2.05) is 0 Å². The molecule has 7 nitrogen and oxygen atoms in total. The van der Waals surface area contributed by atoms with Gasteiger partial charge in [-0.1, -0.05) is 11.6 Å². The number of carbonyl (C=O) groups is 3. The smallest absolute Gasteiger partial charge is 0.242 e. The average Bonchev–Trinajstić information content (AvgIpc) is 3.14. The van der Waals surface area contributed by atoms with Crippen LogP contribution in [0.3, 0.4) is 0 Å². The van der Waals surface area contributed by atoms with Gasteiger partial charge >= 0.3 is 0 Å². The van der Waals surface area contributed by atoms with Gasteiger partial charge in [-0.2, -0.15) is 0 Å².